The Hall–Kier alpha value is -0.830. The lowest BCUT2D eigenvalue weighted by Gasteiger charge is -2.35. The van der Waals surface area contributed by atoms with Crippen molar-refractivity contribution in [2.45, 2.75) is 32.0 Å². The highest BCUT2D eigenvalue weighted by Gasteiger charge is 2.28. The Morgan fingerprint density at radius 1 is 1.33 bits per heavy atom. The molecule has 1 aromatic rings. The first kappa shape index (κ1) is 13.6. The van der Waals surface area contributed by atoms with Crippen LogP contribution in [0.3, 0.4) is 0 Å². The minimum absolute atomic E-state index is 0.192. The second-order valence-electron chi connectivity index (χ2n) is 5.30. The normalized spacial score (nSPS) is 24.1. The summed E-state index contributed by atoms with van der Waals surface area (Å²) in [7, 11) is 0. The second kappa shape index (κ2) is 5.43. The zero-order valence-corrected chi connectivity index (χ0v) is 12.8. The molecule has 98 valence electrons. The number of amides is 1. The van der Waals surface area contributed by atoms with E-state index in [1.807, 2.05) is 36.9 Å². The average Bonchev–Trinajstić information content (AvgIpc) is 2.32. The fraction of sp³-hybridized carbons (Fsp3) is 0.533. The van der Waals surface area contributed by atoms with Crippen molar-refractivity contribution in [2.75, 3.05) is 13.1 Å². The zero-order chi connectivity index (χ0) is 13.3. The number of hydrogen-bond donors (Lipinski definition) is 0. The van der Waals surface area contributed by atoms with Gasteiger partial charge < -0.3 is 4.90 Å². The van der Waals surface area contributed by atoms with Crippen molar-refractivity contribution in [2.24, 2.45) is 5.92 Å². The summed E-state index contributed by atoms with van der Waals surface area (Å²) in [5.41, 5.74) is 3.04. The summed E-state index contributed by atoms with van der Waals surface area (Å²) in [6.45, 7) is 7.93. The van der Waals surface area contributed by atoms with Gasteiger partial charge in [0.05, 0.1) is 0 Å². The highest BCUT2D eigenvalue weighted by atomic mass is 79.9. The molecule has 1 aliphatic rings. The maximum Gasteiger partial charge on any atom is 0.254 e. The molecule has 0 radical (unpaired) electrons. The highest BCUT2D eigenvalue weighted by Crippen LogP contribution is 2.25. The van der Waals surface area contributed by atoms with E-state index in [2.05, 4.69) is 22.9 Å². The van der Waals surface area contributed by atoms with Gasteiger partial charge in [0.1, 0.15) is 0 Å². The number of halogens is 1. The second-order valence-corrected chi connectivity index (χ2v) is 6.48. The Morgan fingerprint density at radius 3 is 2.50 bits per heavy atom. The minimum Gasteiger partial charge on any atom is -0.338 e. The first-order chi connectivity index (χ1) is 8.50. The number of carbonyl (C=O) groups excluding carboxylic acids is 1. The molecule has 3 heteroatoms. The quantitative estimate of drug-likeness (QED) is 0.727. The van der Waals surface area contributed by atoms with Gasteiger partial charge in [-0.3, -0.25) is 4.79 Å². The van der Waals surface area contributed by atoms with Gasteiger partial charge in [0.15, 0.2) is 0 Å². The van der Waals surface area contributed by atoms with Crippen LogP contribution >= 0.6 is 15.9 Å². The van der Waals surface area contributed by atoms with Gasteiger partial charge in [0.25, 0.3) is 5.91 Å². The molecular weight excluding hydrogens is 290 g/mol. The molecule has 0 aliphatic carbocycles. The van der Waals surface area contributed by atoms with Gasteiger partial charge in [0.2, 0.25) is 0 Å². The third kappa shape index (κ3) is 2.61. The Morgan fingerprint density at radius 2 is 1.94 bits per heavy atom. The Balaban J connectivity index is 2.22. The van der Waals surface area contributed by atoms with Crippen molar-refractivity contribution in [3.63, 3.8) is 0 Å². The summed E-state index contributed by atoms with van der Waals surface area (Å²) in [4.78, 5) is 15.1. The molecule has 0 aromatic heterocycles. The number of likely N-dealkylation sites (tertiary alicyclic amines) is 1. The van der Waals surface area contributed by atoms with Crippen LogP contribution in [0.5, 0.6) is 0 Å². The summed E-state index contributed by atoms with van der Waals surface area (Å²) in [5.74, 6) is 0.712. The van der Waals surface area contributed by atoms with E-state index >= 15 is 0 Å². The molecule has 2 unspecified atom stereocenters. The predicted octanol–water partition coefficient (Wildman–Crippen LogP) is 3.55. The lowest BCUT2D eigenvalue weighted by atomic mass is 9.97. The van der Waals surface area contributed by atoms with Gasteiger partial charge in [0, 0.05) is 23.5 Å². The van der Waals surface area contributed by atoms with Crippen molar-refractivity contribution in [1.82, 2.24) is 4.90 Å². The van der Waals surface area contributed by atoms with Crippen molar-refractivity contribution >= 4 is 21.8 Å². The number of aryl methyl sites for hydroxylation is 2. The van der Waals surface area contributed by atoms with E-state index in [4.69, 9.17) is 0 Å². The van der Waals surface area contributed by atoms with Crippen molar-refractivity contribution < 1.29 is 4.79 Å². The van der Waals surface area contributed by atoms with Gasteiger partial charge in [-0.05, 0) is 37.3 Å². The number of nitrogens with zero attached hydrogens (tertiary/aromatic N) is 1. The van der Waals surface area contributed by atoms with E-state index in [9.17, 15) is 4.79 Å². The van der Waals surface area contributed by atoms with Crippen LogP contribution in [0.2, 0.25) is 0 Å². The Kier molecular flexibility index (Phi) is 4.10. The monoisotopic (exact) mass is 309 g/mol. The molecule has 1 aromatic carbocycles. The molecule has 0 N–H and O–H groups in total. The topological polar surface area (TPSA) is 20.3 Å². The van der Waals surface area contributed by atoms with Crippen LogP contribution < -0.4 is 0 Å². The number of carbonyl (C=O) groups is 1. The Labute approximate surface area is 117 Å². The molecular formula is C15H20BrNO. The van der Waals surface area contributed by atoms with Crippen molar-refractivity contribution in [1.29, 1.82) is 0 Å². The lowest BCUT2D eigenvalue weighted by molar-refractivity contribution is 0.0689. The molecule has 0 spiro atoms. The minimum atomic E-state index is 0.192. The molecule has 2 nitrogen and oxygen atoms in total. The maximum absolute atomic E-state index is 12.6. The molecule has 0 saturated carbocycles. The van der Waals surface area contributed by atoms with Gasteiger partial charge in [-0.2, -0.15) is 0 Å². The van der Waals surface area contributed by atoms with E-state index in [0.717, 1.165) is 36.2 Å². The van der Waals surface area contributed by atoms with Crippen LogP contribution in [0.15, 0.2) is 18.2 Å². The first-order valence-electron chi connectivity index (χ1n) is 6.50. The summed E-state index contributed by atoms with van der Waals surface area (Å²) in [6, 6.07) is 6.04. The zero-order valence-electron chi connectivity index (χ0n) is 11.2. The fourth-order valence-corrected chi connectivity index (χ4v) is 2.98. The van der Waals surface area contributed by atoms with Crippen LogP contribution in [0, 0.1) is 19.8 Å². The Bertz CT molecular complexity index is 438. The number of piperidine rings is 1. The predicted molar refractivity (Wildman–Crippen MR) is 78.3 cm³/mol. The van der Waals surface area contributed by atoms with Crippen LogP contribution in [0.25, 0.3) is 0 Å². The molecule has 2 rings (SSSR count). The van der Waals surface area contributed by atoms with Crippen molar-refractivity contribution in [3.05, 3.63) is 34.9 Å². The number of benzene rings is 1. The van der Waals surface area contributed by atoms with E-state index in [-0.39, 0.29) is 5.91 Å². The molecule has 1 aliphatic heterocycles. The smallest absolute Gasteiger partial charge is 0.254 e. The highest BCUT2D eigenvalue weighted by molar-refractivity contribution is 9.09. The first-order valence-corrected chi connectivity index (χ1v) is 7.42. The molecule has 1 saturated heterocycles. The van der Waals surface area contributed by atoms with Crippen molar-refractivity contribution in [3.8, 4) is 0 Å². The average molecular weight is 310 g/mol. The van der Waals surface area contributed by atoms with Gasteiger partial charge >= 0.3 is 0 Å². The molecule has 2 atom stereocenters. The summed E-state index contributed by atoms with van der Waals surface area (Å²) in [5, 5.41) is 0. The van der Waals surface area contributed by atoms with Gasteiger partial charge in [-0.25, -0.2) is 0 Å². The molecule has 18 heavy (non-hydrogen) atoms. The third-order valence-electron chi connectivity index (χ3n) is 3.78. The SMILES string of the molecule is Cc1cccc(C)c1C(=O)N1CCC(Br)C(C)C1. The van der Waals surface area contributed by atoms with E-state index < -0.39 is 0 Å². The largest absolute Gasteiger partial charge is 0.338 e. The summed E-state index contributed by atoms with van der Waals surface area (Å²) >= 11 is 3.68. The number of hydrogen-bond acceptors (Lipinski definition) is 1. The van der Waals surface area contributed by atoms with Gasteiger partial charge in [-0.15, -0.1) is 0 Å². The lowest BCUT2D eigenvalue weighted by Crippen LogP contribution is -2.43. The summed E-state index contributed by atoms with van der Waals surface area (Å²) in [6.07, 6.45) is 1.04. The van der Waals surface area contributed by atoms with E-state index in [1.165, 1.54) is 0 Å². The van der Waals surface area contributed by atoms with E-state index in [1.54, 1.807) is 0 Å². The number of rotatable bonds is 1. The van der Waals surface area contributed by atoms with Crippen LogP contribution in [-0.2, 0) is 0 Å². The molecule has 1 fully saturated rings. The van der Waals surface area contributed by atoms with Crippen LogP contribution in [-0.4, -0.2) is 28.7 Å². The molecule has 0 bridgehead atoms. The summed E-state index contributed by atoms with van der Waals surface area (Å²) < 4.78 is 0. The number of alkyl halides is 1. The van der Waals surface area contributed by atoms with Crippen LogP contribution in [0.1, 0.15) is 34.8 Å². The standard InChI is InChI=1S/C15H20BrNO/c1-10-5-4-6-11(2)14(10)15(18)17-8-7-13(16)12(3)9-17/h4-6,12-13H,7-9H2,1-3H3. The third-order valence-corrected chi connectivity index (χ3v) is 5.14. The van der Waals surface area contributed by atoms with E-state index in [0.29, 0.717) is 10.7 Å². The molecule has 1 heterocycles. The molecule has 1 amide bonds. The van der Waals surface area contributed by atoms with Crippen LogP contribution in [0.4, 0.5) is 0 Å². The maximum atomic E-state index is 12.6. The van der Waals surface area contributed by atoms with Gasteiger partial charge in [-0.1, -0.05) is 41.1 Å². The fourth-order valence-electron chi connectivity index (χ4n) is 2.61.